The highest BCUT2D eigenvalue weighted by Gasteiger charge is 2.49. The molecule has 0 amide bonds. The fourth-order valence-corrected chi connectivity index (χ4v) is 2.27. The number of nitrogens with zero attached hydrogens (tertiary/aromatic N) is 2. The van der Waals surface area contributed by atoms with Crippen LogP contribution in [0.2, 0.25) is 5.02 Å². The summed E-state index contributed by atoms with van der Waals surface area (Å²) in [5, 5.41) is 13.9. The first-order chi connectivity index (χ1) is 8.47. The van der Waals surface area contributed by atoms with Crippen LogP contribution in [0.15, 0.2) is 22.7 Å². The Morgan fingerprint density at radius 2 is 2.17 bits per heavy atom. The summed E-state index contributed by atoms with van der Waals surface area (Å²) in [5.74, 6) is 1.55. The summed E-state index contributed by atoms with van der Waals surface area (Å²) < 4.78 is 5.22. The molecule has 94 valence electrons. The molecule has 1 unspecified atom stereocenters. The smallest absolute Gasteiger partial charge is 0.259 e. The van der Waals surface area contributed by atoms with E-state index in [1.807, 2.05) is 0 Å². The molecule has 5 heteroatoms. The van der Waals surface area contributed by atoms with Crippen LogP contribution in [-0.2, 0) is 0 Å². The maximum absolute atomic E-state index is 9.46. The van der Waals surface area contributed by atoms with Crippen molar-refractivity contribution in [2.45, 2.75) is 26.2 Å². The van der Waals surface area contributed by atoms with Crippen LogP contribution in [0.4, 0.5) is 0 Å². The summed E-state index contributed by atoms with van der Waals surface area (Å²) in [4.78, 5) is 4.37. The number of phenols is 1. The molecule has 0 saturated heterocycles. The van der Waals surface area contributed by atoms with Crippen LogP contribution >= 0.6 is 11.6 Å². The van der Waals surface area contributed by atoms with Gasteiger partial charge in [0.25, 0.3) is 5.89 Å². The zero-order valence-corrected chi connectivity index (χ0v) is 10.9. The maximum atomic E-state index is 9.46. The maximum Gasteiger partial charge on any atom is 0.259 e. The molecule has 1 saturated carbocycles. The van der Waals surface area contributed by atoms with Crippen molar-refractivity contribution < 1.29 is 9.63 Å². The van der Waals surface area contributed by atoms with E-state index in [-0.39, 0.29) is 11.2 Å². The molecule has 1 heterocycles. The topological polar surface area (TPSA) is 59.2 Å². The van der Waals surface area contributed by atoms with E-state index >= 15 is 0 Å². The van der Waals surface area contributed by atoms with Gasteiger partial charge >= 0.3 is 0 Å². The molecule has 3 rings (SSSR count). The van der Waals surface area contributed by atoms with Crippen LogP contribution in [0.3, 0.4) is 0 Å². The third-order valence-electron chi connectivity index (χ3n) is 3.45. The second-order valence-electron chi connectivity index (χ2n) is 5.37. The Kier molecular flexibility index (Phi) is 2.38. The average Bonchev–Trinajstić information content (AvgIpc) is 2.77. The van der Waals surface area contributed by atoms with Crippen molar-refractivity contribution in [3.63, 3.8) is 0 Å². The lowest BCUT2D eigenvalue weighted by Crippen LogP contribution is -1.91. The van der Waals surface area contributed by atoms with Crippen LogP contribution in [0, 0.1) is 5.41 Å². The Morgan fingerprint density at radius 1 is 1.44 bits per heavy atom. The highest BCUT2D eigenvalue weighted by molar-refractivity contribution is 6.33. The Hall–Kier alpha value is -1.55. The van der Waals surface area contributed by atoms with Crippen molar-refractivity contribution in [3.05, 3.63) is 29.0 Å². The predicted octanol–water partition coefficient (Wildman–Crippen LogP) is 3.61. The van der Waals surface area contributed by atoms with E-state index in [1.165, 1.54) is 12.1 Å². The summed E-state index contributed by atoms with van der Waals surface area (Å²) in [6.45, 7) is 4.35. The van der Waals surface area contributed by atoms with Crippen molar-refractivity contribution in [1.29, 1.82) is 0 Å². The summed E-state index contributed by atoms with van der Waals surface area (Å²) in [7, 11) is 0. The van der Waals surface area contributed by atoms with Crippen molar-refractivity contribution in [2.24, 2.45) is 5.41 Å². The molecule has 0 bridgehead atoms. The molecule has 0 radical (unpaired) electrons. The first-order valence-electron chi connectivity index (χ1n) is 5.80. The van der Waals surface area contributed by atoms with Gasteiger partial charge in [0.05, 0.1) is 10.6 Å². The molecule has 1 fully saturated rings. The first-order valence-corrected chi connectivity index (χ1v) is 6.18. The predicted molar refractivity (Wildman–Crippen MR) is 67.5 cm³/mol. The number of phenolic OH excluding ortho intramolecular Hbond substituents is 1. The van der Waals surface area contributed by atoms with Gasteiger partial charge in [-0.25, -0.2) is 0 Å². The number of benzene rings is 1. The molecular formula is C13H13ClN2O2. The van der Waals surface area contributed by atoms with Gasteiger partial charge in [0.15, 0.2) is 5.82 Å². The van der Waals surface area contributed by atoms with Gasteiger partial charge < -0.3 is 9.63 Å². The number of hydrogen-bond donors (Lipinski definition) is 1. The lowest BCUT2D eigenvalue weighted by atomic mass is 10.1. The van der Waals surface area contributed by atoms with Crippen LogP contribution in [0.25, 0.3) is 11.5 Å². The molecule has 1 aliphatic carbocycles. The van der Waals surface area contributed by atoms with Crippen molar-refractivity contribution in [3.8, 4) is 17.2 Å². The van der Waals surface area contributed by atoms with Gasteiger partial charge in [-0.2, -0.15) is 4.98 Å². The van der Waals surface area contributed by atoms with E-state index in [4.69, 9.17) is 16.1 Å². The molecule has 4 nitrogen and oxygen atoms in total. The molecule has 1 aromatic carbocycles. The number of hydrogen-bond acceptors (Lipinski definition) is 4. The van der Waals surface area contributed by atoms with Crippen molar-refractivity contribution in [2.75, 3.05) is 0 Å². The summed E-state index contributed by atoms with van der Waals surface area (Å²) in [6.07, 6.45) is 1.07. The van der Waals surface area contributed by atoms with E-state index in [2.05, 4.69) is 24.0 Å². The monoisotopic (exact) mass is 264 g/mol. The van der Waals surface area contributed by atoms with Gasteiger partial charge in [-0.15, -0.1) is 0 Å². The zero-order chi connectivity index (χ0) is 12.9. The molecule has 2 aromatic rings. The largest absolute Gasteiger partial charge is 0.508 e. The van der Waals surface area contributed by atoms with E-state index < -0.39 is 0 Å². The van der Waals surface area contributed by atoms with E-state index in [9.17, 15) is 5.11 Å². The molecule has 1 aliphatic rings. The fourth-order valence-electron chi connectivity index (χ4n) is 2.07. The van der Waals surface area contributed by atoms with Gasteiger partial charge in [0.1, 0.15) is 5.75 Å². The molecular weight excluding hydrogens is 252 g/mol. The normalized spacial score (nSPS) is 20.9. The van der Waals surface area contributed by atoms with E-state index in [0.29, 0.717) is 22.4 Å². The Bertz CT molecular complexity index is 607. The van der Waals surface area contributed by atoms with Gasteiger partial charge in [0.2, 0.25) is 0 Å². The van der Waals surface area contributed by atoms with Crippen LogP contribution in [0.1, 0.15) is 32.0 Å². The minimum Gasteiger partial charge on any atom is -0.508 e. The first kappa shape index (κ1) is 11.5. The third kappa shape index (κ3) is 1.86. The number of aromatic nitrogens is 2. The Morgan fingerprint density at radius 3 is 2.83 bits per heavy atom. The molecule has 0 aliphatic heterocycles. The lowest BCUT2D eigenvalue weighted by Gasteiger charge is -1.99. The van der Waals surface area contributed by atoms with Gasteiger partial charge in [0, 0.05) is 5.92 Å². The second kappa shape index (κ2) is 3.72. The van der Waals surface area contributed by atoms with Crippen LogP contribution in [-0.4, -0.2) is 15.2 Å². The number of rotatable bonds is 2. The SMILES string of the molecule is CC1(C)CC1c1noc(-c2cc(O)ccc2Cl)n1. The highest BCUT2D eigenvalue weighted by atomic mass is 35.5. The average molecular weight is 265 g/mol. The number of halogens is 1. The van der Waals surface area contributed by atoms with Crippen molar-refractivity contribution in [1.82, 2.24) is 10.1 Å². The van der Waals surface area contributed by atoms with Crippen LogP contribution in [0.5, 0.6) is 5.75 Å². The minimum absolute atomic E-state index is 0.126. The standard InChI is InChI=1S/C13H13ClN2O2/c1-13(2)6-9(13)11-15-12(18-16-11)8-5-7(17)3-4-10(8)14/h3-5,9,17H,6H2,1-2H3. The minimum atomic E-state index is 0.126. The molecule has 18 heavy (non-hydrogen) atoms. The molecule has 1 N–H and O–H groups in total. The second-order valence-corrected chi connectivity index (χ2v) is 5.77. The zero-order valence-electron chi connectivity index (χ0n) is 10.1. The molecule has 1 atom stereocenters. The van der Waals surface area contributed by atoms with E-state index in [1.54, 1.807) is 6.07 Å². The quantitative estimate of drug-likeness (QED) is 0.900. The number of aromatic hydroxyl groups is 1. The molecule has 1 aromatic heterocycles. The van der Waals surface area contributed by atoms with E-state index in [0.717, 1.165) is 12.2 Å². The van der Waals surface area contributed by atoms with Crippen LogP contribution < -0.4 is 0 Å². The lowest BCUT2D eigenvalue weighted by molar-refractivity contribution is 0.418. The Labute approximate surface area is 110 Å². The summed E-state index contributed by atoms with van der Waals surface area (Å²) in [6, 6.07) is 4.65. The molecule has 0 spiro atoms. The summed E-state index contributed by atoms with van der Waals surface area (Å²) in [5.41, 5.74) is 0.818. The van der Waals surface area contributed by atoms with Gasteiger partial charge in [-0.3, -0.25) is 0 Å². The van der Waals surface area contributed by atoms with Gasteiger partial charge in [-0.05, 0) is 30.0 Å². The van der Waals surface area contributed by atoms with Gasteiger partial charge in [-0.1, -0.05) is 30.6 Å². The third-order valence-corrected chi connectivity index (χ3v) is 3.78. The fraction of sp³-hybridized carbons (Fsp3) is 0.385. The highest BCUT2D eigenvalue weighted by Crippen LogP contribution is 2.57. The van der Waals surface area contributed by atoms with Crippen molar-refractivity contribution >= 4 is 11.6 Å². The summed E-state index contributed by atoms with van der Waals surface area (Å²) >= 11 is 6.05. The Balaban J connectivity index is 1.96.